The fourth-order valence-electron chi connectivity index (χ4n) is 2.33. The highest BCUT2D eigenvalue weighted by Crippen LogP contribution is 2.19. The molecule has 136 valence electrons. The first kappa shape index (κ1) is 18.2. The third-order valence-corrected chi connectivity index (χ3v) is 5.02. The molecule has 0 bridgehead atoms. The van der Waals surface area contributed by atoms with Crippen LogP contribution in [-0.4, -0.2) is 24.5 Å². The van der Waals surface area contributed by atoms with Gasteiger partial charge in [-0.1, -0.05) is 23.8 Å². The molecule has 3 rings (SSSR count). The normalized spacial score (nSPS) is 10.8. The SMILES string of the molecule is Cc1ccc(NS(=O)(=O)c2[nH]ncc2C(=O)Nc2cccc(C#N)c2)cc1. The third kappa shape index (κ3) is 4.13. The van der Waals surface area contributed by atoms with Gasteiger partial charge in [-0.15, -0.1) is 0 Å². The van der Waals surface area contributed by atoms with Crippen molar-refractivity contribution in [2.24, 2.45) is 0 Å². The van der Waals surface area contributed by atoms with E-state index < -0.39 is 15.9 Å². The van der Waals surface area contributed by atoms with Gasteiger partial charge < -0.3 is 5.32 Å². The van der Waals surface area contributed by atoms with Crippen LogP contribution in [0.25, 0.3) is 0 Å². The lowest BCUT2D eigenvalue weighted by atomic mass is 10.2. The molecule has 3 N–H and O–H groups in total. The van der Waals surface area contributed by atoms with Crippen molar-refractivity contribution in [3.8, 4) is 6.07 Å². The molecular formula is C18H15N5O3S. The Hall–Kier alpha value is -3.64. The number of amides is 1. The van der Waals surface area contributed by atoms with Gasteiger partial charge in [0.15, 0.2) is 5.03 Å². The Morgan fingerprint density at radius 1 is 1.15 bits per heavy atom. The van der Waals surface area contributed by atoms with E-state index in [1.54, 1.807) is 42.5 Å². The van der Waals surface area contributed by atoms with Crippen LogP contribution in [-0.2, 0) is 10.0 Å². The molecule has 0 aliphatic rings. The first-order valence-corrected chi connectivity index (χ1v) is 9.32. The standard InChI is InChI=1S/C18H15N5O3S/c1-12-5-7-14(8-6-12)23-27(25,26)18-16(11-20-22-18)17(24)21-15-4-2-3-13(9-15)10-19/h2-9,11,23H,1H3,(H,20,22)(H,21,24). The fraction of sp³-hybridized carbons (Fsp3) is 0.0556. The highest BCUT2D eigenvalue weighted by atomic mass is 32.2. The van der Waals surface area contributed by atoms with Crippen molar-refractivity contribution in [3.05, 3.63) is 71.4 Å². The Labute approximate surface area is 155 Å². The molecule has 0 fully saturated rings. The number of anilines is 2. The molecule has 3 aromatic rings. The van der Waals surface area contributed by atoms with E-state index in [0.29, 0.717) is 16.9 Å². The number of aromatic nitrogens is 2. The Bertz CT molecular complexity index is 1130. The van der Waals surface area contributed by atoms with E-state index in [-0.39, 0.29) is 10.6 Å². The maximum atomic E-state index is 12.6. The van der Waals surface area contributed by atoms with Crippen molar-refractivity contribution in [1.29, 1.82) is 5.26 Å². The number of nitriles is 1. The smallest absolute Gasteiger partial charge is 0.279 e. The van der Waals surface area contributed by atoms with E-state index >= 15 is 0 Å². The lowest BCUT2D eigenvalue weighted by molar-refractivity contribution is 0.102. The average Bonchev–Trinajstić information content (AvgIpc) is 3.15. The van der Waals surface area contributed by atoms with Gasteiger partial charge in [0.25, 0.3) is 15.9 Å². The fourth-order valence-corrected chi connectivity index (χ4v) is 3.49. The number of aryl methyl sites for hydroxylation is 1. The number of carbonyl (C=O) groups excluding carboxylic acids is 1. The summed E-state index contributed by atoms with van der Waals surface area (Å²) in [6.45, 7) is 1.89. The minimum Gasteiger partial charge on any atom is -0.322 e. The van der Waals surface area contributed by atoms with E-state index in [9.17, 15) is 13.2 Å². The maximum Gasteiger partial charge on any atom is 0.279 e. The van der Waals surface area contributed by atoms with Crippen LogP contribution in [0.4, 0.5) is 11.4 Å². The monoisotopic (exact) mass is 381 g/mol. The topological polar surface area (TPSA) is 128 Å². The van der Waals surface area contributed by atoms with Gasteiger partial charge in [-0.3, -0.25) is 14.6 Å². The number of hydrogen-bond donors (Lipinski definition) is 3. The van der Waals surface area contributed by atoms with Gasteiger partial charge in [0, 0.05) is 11.4 Å². The second-order valence-corrected chi connectivity index (χ2v) is 7.35. The molecular weight excluding hydrogens is 366 g/mol. The van der Waals surface area contributed by atoms with Crippen molar-refractivity contribution >= 4 is 27.3 Å². The summed E-state index contributed by atoms with van der Waals surface area (Å²) >= 11 is 0. The number of nitrogens with zero attached hydrogens (tertiary/aromatic N) is 2. The summed E-state index contributed by atoms with van der Waals surface area (Å²) in [6.07, 6.45) is 1.13. The van der Waals surface area contributed by atoms with E-state index in [1.165, 1.54) is 6.07 Å². The molecule has 27 heavy (non-hydrogen) atoms. The molecule has 1 heterocycles. The van der Waals surface area contributed by atoms with Crippen LogP contribution >= 0.6 is 0 Å². The lowest BCUT2D eigenvalue weighted by Gasteiger charge is -2.09. The number of carbonyl (C=O) groups is 1. The predicted octanol–water partition coefficient (Wildman–Crippen LogP) is 2.64. The Balaban J connectivity index is 1.84. The molecule has 1 amide bonds. The molecule has 0 saturated carbocycles. The molecule has 9 heteroatoms. The Morgan fingerprint density at radius 3 is 2.59 bits per heavy atom. The first-order chi connectivity index (χ1) is 12.9. The largest absolute Gasteiger partial charge is 0.322 e. The zero-order valence-electron chi connectivity index (χ0n) is 14.2. The number of benzene rings is 2. The molecule has 0 radical (unpaired) electrons. The number of hydrogen-bond acceptors (Lipinski definition) is 5. The number of aromatic amines is 1. The summed E-state index contributed by atoms with van der Waals surface area (Å²) in [5.74, 6) is -0.664. The van der Waals surface area contributed by atoms with Gasteiger partial charge >= 0.3 is 0 Å². The summed E-state index contributed by atoms with van der Waals surface area (Å²) in [5, 5.41) is 17.2. The lowest BCUT2D eigenvalue weighted by Crippen LogP contribution is -2.19. The van der Waals surface area contributed by atoms with Gasteiger partial charge in [0.05, 0.1) is 23.4 Å². The molecule has 2 aromatic carbocycles. The van der Waals surface area contributed by atoms with Gasteiger partial charge in [-0.25, -0.2) is 0 Å². The molecule has 0 unspecified atom stereocenters. The van der Waals surface area contributed by atoms with Gasteiger partial charge in [0.2, 0.25) is 0 Å². The highest BCUT2D eigenvalue weighted by molar-refractivity contribution is 7.92. The first-order valence-electron chi connectivity index (χ1n) is 7.83. The maximum absolute atomic E-state index is 12.6. The van der Waals surface area contributed by atoms with E-state index in [4.69, 9.17) is 5.26 Å². The molecule has 0 aliphatic heterocycles. The Morgan fingerprint density at radius 2 is 1.89 bits per heavy atom. The highest BCUT2D eigenvalue weighted by Gasteiger charge is 2.25. The van der Waals surface area contributed by atoms with E-state index in [1.807, 2.05) is 13.0 Å². The summed E-state index contributed by atoms with van der Waals surface area (Å²) in [4.78, 5) is 12.5. The Kier molecular flexibility index (Phi) is 4.92. The van der Waals surface area contributed by atoms with Crippen molar-refractivity contribution in [2.75, 3.05) is 10.0 Å². The summed E-state index contributed by atoms with van der Waals surface area (Å²) in [6, 6.07) is 15.0. The second kappa shape index (κ2) is 7.31. The third-order valence-electron chi connectivity index (χ3n) is 3.67. The molecule has 0 saturated heterocycles. The van der Waals surface area contributed by atoms with Crippen LogP contribution in [0.5, 0.6) is 0 Å². The van der Waals surface area contributed by atoms with Crippen molar-refractivity contribution in [2.45, 2.75) is 11.9 Å². The van der Waals surface area contributed by atoms with E-state index in [2.05, 4.69) is 20.2 Å². The number of H-pyrrole nitrogens is 1. The molecule has 0 spiro atoms. The van der Waals surface area contributed by atoms with Crippen LogP contribution < -0.4 is 10.0 Å². The minimum absolute atomic E-state index is 0.142. The van der Waals surface area contributed by atoms with Gasteiger partial charge in [0.1, 0.15) is 0 Å². The average molecular weight is 381 g/mol. The molecule has 0 aliphatic carbocycles. The van der Waals surface area contributed by atoms with Gasteiger partial charge in [-0.2, -0.15) is 18.8 Å². The number of nitrogens with one attached hydrogen (secondary N) is 3. The summed E-state index contributed by atoms with van der Waals surface area (Å²) < 4.78 is 27.6. The number of sulfonamides is 1. The van der Waals surface area contributed by atoms with Crippen LogP contribution in [0.3, 0.4) is 0 Å². The molecule has 0 atom stereocenters. The molecule has 1 aromatic heterocycles. The summed E-state index contributed by atoms with van der Waals surface area (Å²) in [5.41, 5.74) is 1.95. The quantitative estimate of drug-likeness (QED) is 0.626. The minimum atomic E-state index is -4.04. The summed E-state index contributed by atoms with van der Waals surface area (Å²) in [7, 11) is -4.04. The van der Waals surface area contributed by atoms with Crippen molar-refractivity contribution < 1.29 is 13.2 Å². The second-order valence-electron chi connectivity index (χ2n) is 5.73. The van der Waals surface area contributed by atoms with Crippen LogP contribution in [0.15, 0.2) is 59.8 Å². The zero-order chi connectivity index (χ0) is 19.4. The van der Waals surface area contributed by atoms with Crippen LogP contribution in [0.2, 0.25) is 0 Å². The van der Waals surface area contributed by atoms with Crippen molar-refractivity contribution in [3.63, 3.8) is 0 Å². The van der Waals surface area contributed by atoms with E-state index in [0.717, 1.165) is 11.8 Å². The number of rotatable bonds is 5. The molecule has 8 nitrogen and oxygen atoms in total. The van der Waals surface area contributed by atoms with Gasteiger partial charge in [-0.05, 0) is 37.3 Å². The van der Waals surface area contributed by atoms with Crippen LogP contribution in [0, 0.1) is 18.3 Å². The van der Waals surface area contributed by atoms with Crippen molar-refractivity contribution in [1.82, 2.24) is 10.2 Å². The predicted molar refractivity (Wildman–Crippen MR) is 99.7 cm³/mol. The zero-order valence-corrected chi connectivity index (χ0v) is 15.0. The van der Waals surface area contributed by atoms with Crippen LogP contribution in [0.1, 0.15) is 21.5 Å².